The van der Waals surface area contributed by atoms with Crippen molar-refractivity contribution in [1.29, 1.82) is 0 Å². The number of nitrogens with zero attached hydrogens (tertiary/aromatic N) is 3. The highest BCUT2D eigenvalue weighted by Crippen LogP contribution is 2.14. The molecule has 0 spiro atoms. The Morgan fingerprint density at radius 1 is 1.33 bits per heavy atom. The molecule has 0 amide bonds. The summed E-state index contributed by atoms with van der Waals surface area (Å²) >= 11 is 4.38. The normalized spacial score (nSPS) is 10.6. The number of aromatic nitrogens is 3. The third kappa shape index (κ3) is 2.65. The standard InChI is InChI=1S/C9H6FI2N3/c10-7-1-6(2-13-3-7)4-15-5-14-8(11)9(15)12/h1-3,5H,4H2. The molecular formula is C9H6FI2N3. The van der Waals surface area contributed by atoms with Crippen molar-refractivity contribution in [3.8, 4) is 0 Å². The van der Waals surface area contributed by atoms with Crippen LogP contribution in [0.15, 0.2) is 24.8 Å². The summed E-state index contributed by atoms with van der Waals surface area (Å²) in [7, 11) is 0. The van der Waals surface area contributed by atoms with E-state index >= 15 is 0 Å². The van der Waals surface area contributed by atoms with Gasteiger partial charge in [-0.3, -0.25) is 4.98 Å². The highest BCUT2D eigenvalue weighted by molar-refractivity contribution is 14.1. The van der Waals surface area contributed by atoms with Gasteiger partial charge in [-0.05, 0) is 56.8 Å². The van der Waals surface area contributed by atoms with Gasteiger partial charge in [0, 0.05) is 6.20 Å². The predicted molar refractivity (Wildman–Crippen MR) is 71.0 cm³/mol. The zero-order valence-corrected chi connectivity index (χ0v) is 11.8. The maximum atomic E-state index is 12.9. The van der Waals surface area contributed by atoms with Crippen molar-refractivity contribution >= 4 is 45.2 Å². The zero-order valence-electron chi connectivity index (χ0n) is 7.49. The zero-order chi connectivity index (χ0) is 10.8. The molecule has 15 heavy (non-hydrogen) atoms. The highest BCUT2D eigenvalue weighted by Gasteiger charge is 2.05. The minimum absolute atomic E-state index is 0.308. The second kappa shape index (κ2) is 4.73. The van der Waals surface area contributed by atoms with Crippen LogP contribution in [0.2, 0.25) is 0 Å². The van der Waals surface area contributed by atoms with Gasteiger partial charge in [0.2, 0.25) is 0 Å². The number of imidazole rings is 1. The van der Waals surface area contributed by atoms with Gasteiger partial charge >= 0.3 is 0 Å². The summed E-state index contributed by atoms with van der Waals surface area (Å²) in [6.07, 6.45) is 4.60. The number of halogens is 3. The van der Waals surface area contributed by atoms with Gasteiger partial charge in [-0.25, -0.2) is 9.37 Å². The molecule has 2 aromatic heterocycles. The fourth-order valence-electron chi connectivity index (χ4n) is 1.19. The van der Waals surface area contributed by atoms with E-state index in [2.05, 4.69) is 55.1 Å². The first-order valence-electron chi connectivity index (χ1n) is 4.12. The van der Waals surface area contributed by atoms with Gasteiger partial charge in [0.05, 0.1) is 19.1 Å². The Morgan fingerprint density at radius 2 is 2.13 bits per heavy atom. The monoisotopic (exact) mass is 429 g/mol. The SMILES string of the molecule is Fc1cncc(Cn2cnc(I)c2I)c1. The Kier molecular flexibility index (Phi) is 3.54. The maximum Gasteiger partial charge on any atom is 0.141 e. The first-order valence-corrected chi connectivity index (χ1v) is 6.28. The lowest BCUT2D eigenvalue weighted by Crippen LogP contribution is -2.01. The number of hydrogen-bond acceptors (Lipinski definition) is 2. The summed E-state index contributed by atoms with van der Waals surface area (Å²) in [5.41, 5.74) is 0.835. The Bertz CT molecular complexity index is 484. The topological polar surface area (TPSA) is 30.7 Å². The molecule has 6 heteroatoms. The molecule has 0 atom stereocenters. The molecule has 2 rings (SSSR count). The van der Waals surface area contributed by atoms with Crippen molar-refractivity contribution in [2.75, 3.05) is 0 Å². The van der Waals surface area contributed by atoms with Crippen LogP contribution in [0.25, 0.3) is 0 Å². The van der Waals surface area contributed by atoms with Crippen molar-refractivity contribution < 1.29 is 4.39 Å². The van der Waals surface area contributed by atoms with E-state index in [1.165, 1.54) is 12.3 Å². The average molecular weight is 429 g/mol. The van der Waals surface area contributed by atoms with Crippen LogP contribution in [0.1, 0.15) is 5.56 Å². The summed E-state index contributed by atoms with van der Waals surface area (Å²) < 4.78 is 16.9. The van der Waals surface area contributed by atoms with E-state index in [1.54, 1.807) is 12.5 Å². The van der Waals surface area contributed by atoms with E-state index in [1.807, 2.05) is 4.57 Å². The van der Waals surface area contributed by atoms with Gasteiger partial charge in [0.25, 0.3) is 0 Å². The Balaban J connectivity index is 2.26. The van der Waals surface area contributed by atoms with Gasteiger partial charge < -0.3 is 4.57 Å². The number of rotatable bonds is 2. The van der Waals surface area contributed by atoms with Crippen LogP contribution < -0.4 is 0 Å². The van der Waals surface area contributed by atoms with Crippen LogP contribution in [-0.4, -0.2) is 14.5 Å². The third-order valence-electron chi connectivity index (χ3n) is 1.85. The minimum Gasteiger partial charge on any atom is -0.321 e. The number of pyridine rings is 1. The first-order chi connectivity index (χ1) is 7.16. The van der Waals surface area contributed by atoms with Gasteiger partial charge in [0.1, 0.15) is 13.2 Å². The Hall–Kier alpha value is -0.250. The summed E-state index contributed by atoms with van der Waals surface area (Å²) in [5, 5.41) is 0. The maximum absolute atomic E-state index is 12.9. The molecule has 0 aromatic carbocycles. The molecule has 0 aliphatic carbocycles. The van der Waals surface area contributed by atoms with Gasteiger partial charge in [-0.15, -0.1) is 0 Å². The van der Waals surface area contributed by atoms with Crippen LogP contribution in [-0.2, 0) is 6.54 Å². The van der Waals surface area contributed by atoms with E-state index in [0.29, 0.717) is 6.54 Å². The molecular weight excluding hydrogens is 423 g/mol. The first kappa shape index (κ1) is 11.2. The molecule has 0 N–H and O–H groups in total. The molecule has 0 unspecified atom stereocenters. The van der Waals surface area contributed by atoms with Crippen molar-refractivity contribution in [2.24, 2.45) is 0 Å². The molecule has 0 aliphatic rings. The predicted octanol–water partition coefficient (Wildman–Crippen LogP) is 2.67. The third-order valence-corrected chi connectivity index (χ3v) is 4.80. The van der Waals surface area contributed by atoms with E-state index in [0.717, 1.165) is 13.0 Å². The summed E-state index contributed by atoms with van der Waals surface area (Å²) in [6.45, 7) is 0.596. The van der Waals surface area contributed by atoms with Crippen molar-refractivity contribution in [3.63, 3.8) is 0 Å². The second-order valence-electron chi connectivity index (χ2n) is 2.97. The molecule has 0 saturated heterocycles. The van der Waals surface area contributed by atoms with Crippen LogP contribution in [0.4, 0.5) is 4.39 Å². The highest BCUT2D eigenvalue weighted by atomic mass is 127. The Labute approximate surface area is 113 Å². The fraction of sp³-hybridized carbons (Fsp3) is 0.111. The lowest BCUT2D eigenvalue weighted by molar-refractivity contribution is 0.615. The van der Waals surface area contributed by atoms with E-state index < -0.39 is 0 Å². The van der Waals surface area contributed by atoms with Crippen molar-refractivity contribution in [3.05, 3.63) is 43.6 Å². The molecule has 0 aliphatic heterocycles. The van der Waals surface area contributed by atoms with Crippen LogP contribution in [0, 0.1) is 13.2 Å². The lowest BCUT2D eigenvalue weighted by Gasteiger charge is -2.03. The average Bonchev–Trinajstić information content (AvgIpc) is 2.50. The molecule has 3 nitrogen and oxygen atoms in total. The van der Waals surface area contributed by atoms with E-state index in [9.17, 15) is 4.39 Å². The summed E-state index contributed by atoms with van der Waals surface area (Å²) in [6, 6.07) is 1.48. The Morgan fingerprint density at radius 3 is 2.73 bits per heavy atom. The van der Waals surface area contributed by atoms with Crippen LogP contribution in [0.3, 0.4) is 0 Å². The lowest BCUT2D eigenvalue weighted by atomic mass is 10.3. The van der Waals surface area contributed by atoms with E-state index in [4.69, 9.17) is 0 Å². The quantitative estimate of drug-likeness (QED) is 0.688. The molecule has 0 fully saturated rings. The molecule has 0 bridgehead atoms. The van der Waals surface area contributed by atoms with Gasteiger partial charge in [0.15, 0.2) is 0 Å². The number of hydrogen-bond donors (Lipinski definition) is 0. The molecule has 2 heterocycles. The van der Waals surface area contributed by atoms with Gasteiger partial charge in [-0.1, -0.05) is 0 Å². The van der Waals surface area contributed by atoms with Crippen molar-refractivity contribution in [2.45, 2.75) is 6.54 Å². The largest absolute Gasteiger partial charge is 0.321 e. The molecule has 78 valence electrons. The molecule has 2 aromatic rings. The van der Waals surface area contributed by atoms with Crippen LogP contribution in [0.5, 0.6) is 0 Å². The fourth-order valence-corrected chi connectivity index (χ4v) is 2.06. The summed E-state index contributed by atoms with van der Waals surface area (Å²) in [4.78, 5) is 7.97. The minimum atomic E-state index is -0.308. The summed E-state index contributed by atoms with van der Waals surface area (Å²) in [5.74, 6) is -0.308. The molecule has 0 saturated carbocycles. The van der Waals surface area contributed by atoms with Crippen LogP contribution >= 0.6 is 45.2 Å². The molecule has 0 radical (unpaired) electrons. The second-order valence-corrected chi connectivity index (χ2v) is 5.01. The smallest absolute Gasteiger partial charge is 0.141 e. The van der Waals surface area contributed by atoms with Gasteiger partial charge in [-0.2, -0.15) is 0 Å². The van der Waals surface area contributed by atoms with E-state index in [-0.39, 0.29) is 5.82 Å². The van der Waals surface area contributed by atoms with Crippen molar-refractivity contribution in [1.82, 2.24) is 14.5 Å².